The van der Waals surface area contributed by atoms with E-state index in [0.717, 1.165) is 15.6 Å². The van der Waals surface area contributed by atoms with E-state index in [9.17, 15) is 0 Å². The minimum absolute atomic E-state index is 0.337. The summed E-state index contributed by atoms with van der Waals surface area (Å²) < 4.78 is 6.28. The number of ether oxygens (including phenoxy) is 1. The molecule has 0 fully saturated rings. The molecule has 2 N–H and O–H groups in total. The average molecular weight is 456 g/mol. The minimum Gasteiger partial charge on any atom is -0.496 e. The van der Waals surface area contributed by atoms with Crippen molar-refractivity contribution in [1.82, 2.24) is 15.0 Å². The van der Waals surface area contributed by atoms with Gasteiger partial charge in [-0.1, -0.05) is 46.3 Å². The Labute approximate surface area is 178 Å². The van der Waals surface area contributed by atoms with Crippen LogP contribution >= 0.6 is 15.9 Å². The van der Waals surface area contributed by atoms with Crippen LogP contribution in [0.2, 0.25) is 0 Å². The third-order valence-electron chi connectivity index (χ3n) is 3.88. The first-order valence-corrected chi connectivity index (χ1v) is 9.68. The lowest BCUT2D eigenvalue weighted by atomic mass is 10.2. The van der Waals surface area contributed by atoms with Crippen molar-refractivity contribution in [3.05, 3.63) is 64.1 Å². The molecule has 3 rings (SSSR count). The predicted octanol–water partition coefficient (Wildman–Crippen LogP) is 3.77. The Kier molecular flexibility index (Phi) is 6.96. The quantitative estimate of drug-likeness (QED) is 0.394. The van der Waals surface area contributed by atoms with Crippen molar-refractivity contribution in [3.8, 4) is 5.75 Å². The molecule has 1 aromatic heterocycles. The van der Waals surface area contributed by atoms with Crippen LogP contribution in [0.5, 0.6) is 5.75 Å². The highest BCUT2D eigenvalue weighted by atomic mass is 79.9. The number of anilines is 3. The minimum atomic E-state index is 0.337. The van der Waals surface area contributed by atoms with Gasteiger partial charge in [0.25, 0.3) is 0 Å². The summed E-state index contributed by atoms with van der Waals surface area (Å²) in [6.45, 7) is 0.607. The van der Waals surface area contributed by atoms with Crippen LogP contribution < -0.4 is 20.4 Å². The van der Waals surface area contributed by atoms with Crippen molar-refractivity contribution in [3.63, 3.8) is 0 Å². The number of benzene rings is 2. The first-order chi connectivity index (χ1) is 14.0. The molecular formula is C20H22BrN7O. The van der Waals surface area contributed by atoms with Gasteiger partial charge in [0.05, 0.1) is 13.3 Å². The van der Waals surface area contributed by atoms with E-state index >= 15 is 0 Å². The van der Waals surface area contributed by atoms with Crippen LogP contribution in [-0.2, 0) is 6.54 Å². The van der Waals surface area contributed by atoms with Gasteiger partial charge in [-0.05, 0) is 23.8 Å². The molecule has 0 saturated carbocycles. The molecule has 0 aliphatic rings. The molecule has 0 saturated heterocycles. The molecule has 1 heterocycles. The molecule has 0 bridgehead atoms. The van der Waals surface area contributed by atoms with Gasteiger partial charge in [-0.2, -0.15) is 20.1 Å². The largest absolute Gasteiger partial charge is 0.496 e. The maximum absolute atomic E-state index is 5.35. The number of hydrazone groups is 1. The highest BCUT2D eigenvalue weighted by molar-refractivity contribution is 9.10. The van der Waals surface area contributed by atoms with Crippen molar-refractivity contribution >= 4 is 40.0 Å². The SMILES string of the molecule is COc1ccc(Br)cc1C=NNc1nc(NCc2ccccc2)nc(N(C)C)n1. The van der Waals surface area contributed by atoms with E-state index in [2.05, 4.69) is 46.7 Å². The van der Waals surface area contributed by atoms with Gasteiger partial charge in [-0.25, -0.2) is 5.43 Å². The number of rotatable bonds is 8. The highest BCUT2D eigenvalue weighted by Crippen LogP contribution is 2.21. The first-order valence-electron chi connectivity index (χ1n) is 8.89. The summed E-state index contributed by atoms with van der Waals surface area (Å²) in [4.78, 5) is 15.0. The van der Waals surface area contributed by atoms with Crippen LogP contribution in [0.15, 0.2) is 58.1 Å². The molecule has 0 aliphatic carbocycles. The molecule has 9 heteroatoms. The van der Waals surface area contributed by atoms with E-state index in [1.807, 2.05) is 67.5 Å². The van der Waals surface area contributed by atoms with E-state index < -0.39 is 0 Å². The molecule has 150 valence electrons. The van der Waals surface area contributed by atoms with Crippen molar-refractivity contribution in [2.75, 3.05) is 36.8 Å². The molecule has 3 aromatic rings. The van der Waals surface area contributed by atoms with Gasteiger partial charge < -0.3 is 15.0 Å². The first kappa shape index (κ1) is 20.5. The predicted molar refractivity (Wildman–Crippen MR) is 120 cm³/mol. The fourth-order valence-electron chi connectivity index (χ4n) is 2.44. The molecule has 0 spiro atoms. The third kappa shape index (κ3) is 5.89. The number of hydrogen-bond acceptors (Lipinski definition) is 8. The lowest BCUT2D eigenvalue weighted by Gasteiger charge is -2.13. The molecular weight excluding hydrogens is 434 g/mol. The second-order valence-electron chi connectivity index (χ2n) is 6.27. The number of nitrogens with zero attached hydrogens (tertiary/aromatic N) is 5. The summed E-state index contributed by atoms with van der Waals surface area (Å²) >= 11 is 3.45. The maximum Gasteiger partial charge on any atom is 0.250 e. The third-order valence-corrected chi connectivity index (χ3v) is 4.37. The summed E-state index contributed by atoms with van der Waals surface area (Å²) in [7, 11) is 5.36. The van der Waals surface area contributed by atoms with Gasteiger partial charge in [-0.15, -0.1) is 0 Å². The Morgan fingerprint density at radius 3 is 2.55 bits per heavy atom. The van der Waals surface area contributed by atoms with Crippen LogP contribution in [0.25, 0.3) is 0 Å². The van der Waals surface area contributed by atoms with Crippen LogP contribution in [0.1, 0.15) is 11.1 Å². The number of aromatic nitrogens is 3. The normalized spacial score (nSPS) is 10.8. The summed E-state index contributed by atoms with van der Waals surface area (Å²) in [5, 5.41) is 7.47. The summed E-state index contributed by atoms with van der Waals surface area (Å²) in [5.41, 5.74) is 4.82. The van der Waals surface area contributed by atoms with Crippen LogP contribution in [0, 0.1) is 0 Å². The zero-order valence-corrected chi connectivity index (χ0v) is 18.0. The lowest BCUT2D eigenvalue weighted by Crippen LogP contribution is -2.16. The maximum atomic E-state index is 5.35. The Morgan fingerprint density at radius 2 is 1.83 bits per heavy atom. The smallest absolute Gasteiger partial charge is 0.250 e. The average Bonchev–Trinajstić information content (AvgIpc) is 2.73. The molecule has 0 radical (unpaired) electrons. The highest BCUT2D eigenvalue weighted by Gasteiger charge is 2.08. The summed E-state index contributed by atoms with van der Waals surface area (Å²) in [6, 6.07) is 15.7. The van der Waals surface area contributed by atoms with Gasteiger partial charge in [0.1, 0.15) is 5.75 Å². The van der Waals surface area contributed by atoms with E-state index in [1.54, 1.807) is 13.3 Å². The van der Waals surface area contributed by atoms with Gasteiger partial charge in [0.2, 0.25) is 17.8 Å². The van der Waals surface area contributed by atoms with Gasteiger partial charge >= 0.3 is 0 Å². The zero-order valence-electron chi connectivity index (χ0n) is 16.4. The molecule has 0 amide bonds. The van der Waals surface area contributed by atoms with Crippen LogP contribution in [-0.4, -0.2) is 42.4 Å². The molecule has 2 aromatic carbocycles. The van der Waals surface area contributed by atoms with Crippen LogP contribution in [0.3, 0.4) is 0 Å². The van der Waals surface area contributed by atoms with E-state index in [4.69, 9.17) is 4.74 Å². The van der Waals surface area contributed by atoms with Gasteiger partial charge in [0, 0.05) is 30.7 Å². The van der Waals surface area contributed by atoms with Crippen molar-refractivity contribution < 1.29 is 4.74 Å². The Hall–Kier alpha value is -3.20. The molecule has 0 aliphatic heterocycles. The summed E-state index contributed by atoms with van der Waals surface area (Å²) in [6.07, 6.45) is 1.65. The number of halogens is 1. The Morgan fingerprint density at radius 1 is 1.07 bits per heavy atom. The van der Waals surface area contributed by atoms with Crippen molar-refractivity contribution in [2.45, 2.75) is 6.54 Å². The Balaban J connectivity index is 1.76. The topological polar surface area (TPSA) is 87.6 Å². The fourth-order valence-corrected chi connectivity index (χ4v) is 2.82. The second-order valence-corrected chi connectivity index (χ2v) is 7.19. The van der Waals surface area contributed by atoms with Gasteiger partial charge in [0.15, 0.2) is 0 Å². The van der Waals surface area contributed by atoms with Crippen molar-refractivity contribution in [1.29, 1.82) is 0 Å². The Bertz CT molecular complexity index is 980. The van der Waals surface area contributed by atoms with E-state index in [1.165, 1.54) is 0 Å². The van der Waals surface area contributed by atoms with E-state index in [-0.39, 0.29) is 0 Å². The standard InChI is InChI=1S/C20H22BrN7O/c1-28(2)20-25-18(22-12-14-7-5-4-6-8-14)24-19(26-20)27-23-13-15-11-16(21)9-10-17(15)29-3/h4-11,13H,12H2,1-3H3,(H2,22,24,25,26,27). The van der Waals surface area contributed by atoms with E-state index in [0.29, 0.717) is 30.1 Å². The van der Waals surface area contributed by atoms with Crippen LogP contribution in [0.4, 0.5) is 17.8 Å². The molecule has 29 heavy (non-hydrogen) atoms. The second kappa shape index (κ2) is 9.83. The number of methoxy groups -OCH3 is 1. The lowest BCUT2D eigenvalue weighted by molar-refractivity contribution is 0.414. The molecule has 8 nitrogen and oxygen atoms in total. The molecule has 0 unspecified atom stereocenters. The monoisotopic (exact) mass is 455 g/mol. The number of hydrogen-bond donors (Lipinski definition) is 2. The van der Waals surface area contributed by atoms with Gasteiger partial charge in [-0.3, -0.25) is 0 Å². The molecule has 0 atom stereocenters. The fraction of sp³-hybridized carbons (Fsp3) is 0.200. The van der Waals surface area contributed by atoms with Crippen molar-refractivity contribution in [2.24, 2.45) is 5.10 Å². The summed E-state index contributed by atoms with van der Waals surface area (Å²) in [5.74, 6) is 2.04. The number of nitrogens with one attached hydrogen (secondary N) is 2. The zero-order chi connectivity index (χ0) is 20.6.